The van der Waals surface area contributed by atoms with Crippen molar-refractivity contribution < 1.29 is 14.4 Å². The number of carbonyl (C=O) groups excluding carboxylic acids is 3. The molecule has 38 heavy (non-hydrogen) atoms. The average Bonchev–Trinajstić information content (AvgIpc) is 2.94. The fourth-order valence-corrected chi connectivity index (χ4v) is 5.35. The zero-order valence-electron chi connectivity index (χ0n) is 22.0. The molecule has 0 saturated heterocycles. The van der Waals surface area contributed by atoms with E-state index in [1.165, 1.54) is 6.92 Å². The highest BCUT2D eigenvalue weighted by molar-refractivity contribution is 6.16. The summed E-state index contributed by atoms with van der Waals surface area (Å²) in [4.78, 5) is 40.1. The fraction of sp³-hybridized carbons (Fsp3) is 0.147. The molecule has 0 radical (unpaired) electrons. The summed E-state index contributed by atoms with van der Waals surface area (Å²) in [7, 11) is 1.71. The summed E-state index contributed by atoms with van der Waals surface area (Å²) in [6, 6.07) is 31.0. The number of anilines is 1. The van der Waals surface area contributed by atoms with Gasteiger partial charge >= 0.3 is 0 Å². The van der Waals surface area contributed by atoms with Crippen LogP contribution in [0.4, 0.5) is 5.69 Å². The SMILES string of the molecule is CC(=O)c1ccc2ccccc2c1C(C)c1ccc(C(=O)N(C)c2c(C(C)=O)ccc3ccccc23)cc1. The Balaban J connectivity index is 1.52. The van der Waals surface area contributed by atoms with Gasteiger partial charge in [-0.3, -0.25) is 14.4 Å². The van der Waals surface area contributed by atoms with E-state index >= 15 is 0 Å². The maximum absolute atomic E-state index is 13.6. The summed E-state index contributed by atoms with van der Waals surface area (Å²) in [5.41, 5.74) is 4.36. The molecule has 1 amide bonds. The summed E-state index contributed by atoms with van der Waals surface area (Å²) < 4.78 is 0. The van der Waals surface area contributed by atoms with Gasteiger partial charge in [0.25, 0.3) is 5.91 Å². The van der Waals surface area contributed by atoms with Crippen molar-refractivity contribution in [3.63, 3.8) is 0 Å². The van der Waals surface area contributed by atoms with E-state index in [9.17, 15) is 14.4 Å². The normalized spacial score (nSPS) is 11.9. The van der Waals surface area contributed by atoms with Gasteiger partial charge in [-0.05, 0) is 59.3 Å². The molecule has 4 nitrogen and oxygen atoms in total. The second kappa shape index (κ2) is 10.1. The van der Waals surface area contributed by atoms with Crippen LogP contribution in [0.3, 0.4) is 0 Å². The lowest BCUT2D eigenvalue weighted by molar-refractivity contribution is 0.0989. The molecule has 0 fully saturated rings. The van der Waals surface area contributed by atoms with Crippen molar-refractivity contribution in [1.82, 2.24) is 0 Å². The summed E-state index contributed by atoms with van der Waals surface area (Å²) >= 11 is 0. The quantitative estimate of drug-likeness (QED) is 0.224. The topological polar surface area (TPSA) is 54.5 Å². The molecule has 0 saturated carbocycles. The van der Waals surface area contributed by atoms with Crippen LogP contribution in [0.5, 0.6) is 0 Å². The third-order valence-corrected chi connectivity index (χ3v) is 7.36. The van der Waals surface area contributed by atoms with Gasteiger partial charge in [-0.15, -0.1) is 0 Å². The van der Waals surface area contributed by atoms with Crippen LogP contribution in [0, 0.1) is 0 Å². The van der Waals surface area contributed by atoms with E-state index < -0.39 is 0 Å². The Morgan fingerprint density at radius 2 is 1.16 bits per heavy atom. The Morgan fingerprint density at radius 3 is 1.76 bits per heavy atom. The summed E-state index contributed by atoms with van der Waals surface area (Å²) in [6.45, 7) is 5.21. The zero-order chi connectivity index (χ0) is 27.0. The maximum atomic E-state index is 13.6. The first kappa shape index (κ1) is 25.1. The summed E-state index contributed by atoms with van der Waals surface area (Å²) in [5.74, 6) is -0.310. The Hall–Kier alpha value is -4.57. The van der Waals surface area contributed by atoms with E-state index in [2.05, 4.69) is 19.1 Å². The molecule has 0 aliphatic heterocycles. The third-order valence-electron chi connectivity index (χ3n) is 7.36. The number of carbonyl (C=O) groups is 3. The average molecular weight is 500 g/mol. The van der Waals surface area contributed by atoms with Crippen molar-refractivity contribution in [2.75, 3.05) is 11.9 Å². The molecule has 5 aromatic rings. The molecule has 4 heteroatoms. The Morgan fingerprint density at radius 1 is 0.632 bits per heavy atom. The van der Waals surface area contributed by atoms with Crippen molar-refractivity contribution in [3.8, 4) is 0 Å². The second-order valence-corrected chi connectivity index (χ2v) is 9.75. The Bertz CT molecular complexity index is 1720. The molecule has 1 atom stereocenters. The number of hydrogen-bond donors (Lipinski definition) is 0. The number of ketones is 2. The molecule has 0 bridgehead atoms. The fourth-order valence-electron chi connectivity index (χ4n) is 5.35. The van der Waals surface area contributed by atoms with E-state index in [1.54, 1.807) is 24.9 Å². The summed E-state index contributed by atoms with van der Waals surface area (Å²) in [5, 5.41) is 3.96. The molecule has 5 aromatic carbocycles. The molecular formula is C34H29NO3. The molecule has 1 unspecified atom stereocenters. The van der Waals surface area contributed by atoms with Crippen molar-refractivity contribution in [3.05, 3.63) is 125 Å². The monoisotopic (exact) mass is 499 g/mol. The molecule has 0 spiro atoms. The van der Waals surface area contributed by atoms with Gasteiger partial charge in [0.05, 0.1) is 5.69 Å². The molecule has 0 aromatic heterocycles. The van der Waals surface area contributed by atoms with E-state index in [-0.39, 0.29) is 23.4 Å². The number of Topliss-reactive ketones (excluding diaryl/α,β-unsaturated/α-hetero) is 2. The molecule has 0 aliphatic rings. The third kappa shape index (κ3) is 4.39. The second-order valence-electron chi connectivity index (χ2n) is 9.75. The number of fused-ring (bicyclic) bond motifs is 2. The van der Waals surface area contributed by atoms with E-state index in [0.717, 1.165) is 32.7 Å². The highest BCUT2D eigenvalue weighted by Crippen LogP contribution is 2.35. The van der Waals surface area contributed by atoms with Gasteiger partial charge in [0, 0.05) is 35.0 Å². The first-order chi connectivity index (χ1) is 18.3. The standard InChI is InChI=1S/C34H29NO3/c1-21(32-28(22(2)36)19-17-25-9-5-7-11-30(25)32)24-13-15-27(16-14-24)34(38)35(4)33-29(23(3)37)20-18-26-10-6-8-12-31(26)33/h5-21H,1-4H3. The molecule has 5 rings (SSSR count). The van der Waals surface area contributed by atoms with Gasteiger partial charge in [-0.25, -0.2) is 0 Å². The van der Waals surface area contributed by atoms with E-state index in [4.69, 9.17) is 0 Å². The van der Waals surface area contributed by atoms with Crippen molar-refractivity contribution in [1.29, 1.82) is 0 Å². The largest absolute Gasteiger partial charge is 0.310 e. The van der Waals surface area contributed by atoms with Gasteiger partial charge < -0.3 is 4.90 Å². The number of hydrogen-bond acceptors (Lipinski definition) is 3. The highest BCUT2D eigenvalue weighted by Gasteiger charge is 2.22. The lowest BCUT2D eigenvalue weighted by atomic mass is 9.84. The van der Waals surface area contributed by atoms with Crippen molar-refractivity contribution >= 4 is 44.7 Å². The summed E-state index contributed by atoms with van der Waals surface area (Å²) in [6.07, 6.45) is 0. The molecule has 0 heterocycles. The van der Waals surface area contributed by atoms with Crippen LogP contribution in [0.15, 0.2) is 97.1 Å². The van der Waals surface area contributed by atoms with Gasteiger partial charge in [-0.1, -0.05) is 85.8 Å². The maximum Gasteiger partial charge on any atom is 0.258 e. The molecular weight excluding hydrogens is 470 g/mol. The first-order valence-corrected chi connectivity index (χ1v) is 12.7. The lowest BCUT2D eigenvalue weighted by Gasteiger charge is -2.23. The number of nitrogens with zero attached hydrogens (tertiary/aromatic N) is 1. The van der Waals surface area contributed by atoms with Crippen LogP contribution in [0.1, 0.15) is 68.9 Å². The van der Waals surface area contributed by atoms with Crippen LogP contribution in [-0.4, -0.2) is 24.5 Å². The van der Waals surface area contributed by atoms with Gasteiger partial charge in [-0.2, -0.15) is 0 Å². The van der Waals surface area contributed by atoms with E-state index in [0.29, 0.717) is 22.4 Å². The minimum atomic E-state index is -0.197. The Labute approximate surface area is 222 Å². The minimum Gasteiger partial charge on any atom is -0.310 e. The van der Waals surface area contributed by atoms with Crippen molar-refractivity contribution in [2.45, 2.75) is 26.7 Å². The van der Waals surface area contributed by atoms with Crippen LogP contribution in [0.2, 0.25) is 0 Å². The van der Waals surface area contributed by atoms with Crippen LogP contribution < -0.4 is 4.90 Å². The van der Waals surface area contributed by atoms with Crippen LogP contribution >= 0.6 is 0 Å². The van der Waals surface area contributed by atoms with E-state index in [1.807, 2.05) is 78.9 Å². The van der Waals surface area contributed by atoms with Crippen LogP contribution in [-0.2, 0) is 0 Å². The zero-order valence-corrected chi connectivity index (χ0v) is 22.0. The lowest BCUT2D eigenvalue weighted by Crippen LogP contribution is -2.28. The molecule has 0 aliphatic carbocycles. The van der Waals surface area contributed by atoms with Crippen LogP contribution in [0.25, 0.3) is 21.5 Å². The van der Waals surface area contributed by atoms with Gasteiger partial charge in [0.2, 0.25) is 0 Å². The van der Waals surface area contributed by atoms with Crippen molar-refractivity contribution in [2.24, 2.45) is 0 Å². The number of rotatable bonds is 6. The van der Waals surface area contributed by atoms with Gasteiger partial charge in [0.1, 0.15) is 0 Å². The van der Waals surface area contributed by atoms with Gasteiger partial charge in [0.15, 0.2) is 11.6 Å². The predicted molar refractivity (Wildman–Crippen MR) is 155 cm³/mol. The first-order valence-electron chi connectivity index (χ1n) is 12.7. The highest BCUT2D eigenvalue weighted by atomic mass is 16.2. The predicted octanol–water partition coefficient (Wildman–Crippen LogP) is 7.83. The number of benzene rings is 5. The number of amides is 1. The molecule has 188 valence electrons. The smallest absolute Gasteiger partial charge is 0.258 e. The minimum absolute atomic E-state index is 0.0300. The Kier molecular flexibility index (Phi) is 6.64. The molecule has 0 N–H and O–H groups in total.